The Balaban J connectivity index is 1.53. The number of halogens is 1. The van der Waals surface area contributed by atoms with Crippen LogP contribution in [-0.4, -0.2) is 15.0 Å². The second-order valence-electron chi connectivity index (χ2n) is 6.24. The molecule has 8 heteroatoms. The zero-order chi connectivity index (χ0) is 20.0. The van der Waals surface area contributed by atoms with Crippen molar-refractivity contribution in [3.05, 3.63) is 80.5 Å². The summed E-state index contributed by atoms with van der Waals surface area (Å²) < 4.78 is 29.6. The Kier molecular flexibility index (Phi) is 7.25. The van der Waals surface area contributed by atoms with Crippen molar-refractivity contribution in [2.75, 3.05) is 6.54 Å². The van der Waals surface area contributed by atoms with Gasteiger partial charge in [-0.3, -0.25) is 0 Å². The van der Waals surface area contributed by atoms with E-state index in [-0.39, 0.29) is 4.90 Å². The average molecular weight is 481 g/mol. The number of hydrogen-bond donors (Lipinski definition) is 2. The fourth-order valence-corrected chi connectivity index (χ4v) is 4.21. The highest BCUT2D eigenvalue weighted by Crippen LogP contribution is 2.24. The molecule has 0 atom stereocenters. The van der Waals surface area contributed by atoms with Crippen LogP contribution in [0.4, 0.5) is 0 Å². The minimum atomic E-state index is -3.64. The van der Waals surface area contributed by atoms with Crippen LogP contribution < -0.4 is 15.2 Å². The first-order valence-electron chi connectivity index (χ1n) is 8.68. The van der Waals surface area contributed by atoms with Crippen molar-refractivity contribution in [2.45, 2.75) is 24.5 Å². The topological polar surface area (TPSA) is 81.4 Å². The number of ether oxygens (including phenoxy) is 1. The number of thiophene rings is 1. The van der Waals surface area contributed by atoms with Crippen LogP contribution >= 0.6 is 27.3 Å². The average Bonchev–Trinajstić information content (AvgIpc) is 3.18. The van der Waals surface area contributed by atoms with Gasteiger partial charge in [0.05, 0.1) is 4.90 Å². The SMILES string of the molecule is NS(=O)(=O)c1ccc(CCNCc2cc(Br)ccc2OCc2cccs2)cc1. The Labute approximate surface area is 177 Å². The molecule has 0 saturated heterocycles. The highest BCUT2D eigenvalue weighted by molar-refractivity contribution is 9.10. The number of nitrogens with two attached hydrogens (primary N) is 1. The van der Waals surface area contributed by atoms with Crippen molar-refractivity contribution in [3.8, 4) is 5.75 Å². The van der Waals surface area contributed by atoms with Gasteiger partial charge in [-0.15, -0.1) is 11.3 Å². The van der Waals surface area contributed by atoms with E-state index in [0.717, 1.165) is 34.3 Å². The molecule has 3 aromatic rings. The van der Waals surface area contributed by atoms with E-state index in [4.69, 9.17) is 9.88 Å². The van der Waals surface area contributed by atoms with E-state index in [1.165, 1.54) is 17.0 Å². The lowest BCUT2D eigenvalue weighted by molar-refractivity contribution is 0.305. The van der Waals surface area contributed by atoms with E-state index in [1.807, 2.05) is 23.6 Å². The third kappa shape index (κ3) is 6.15. The van der Waals surface area contributed by atoms with Crippen LogP contribution in [0.5, 0.6) is 5.75 Å². The van der Waals surface area contributed by atoms with Crippen LogP contribution in [0.1, 0.15) is 16.0 Å². The first-order chi connectivity index (χ1) is 13.4. The molecule has 0 amide bonds. The molecule has 28 heavy (non-hydrogen) atoms. The summed E-state index contributed by atoms with van der Waals surface area (Å²) in [5.74, 6) is 0.863. The Morgan fingerprint density at radius 3 is 2.57 bits per heavy atom. The van der Waals surface area contributed by atoms with Gasteiger partial charge in [-0.2, -0.15) is 0 Å². The van der Waals surface area contributed by atoms with Crippen LogP contribution in [-0.2, 0) is 29.6 Å². The summed E-state index contributed by atoms with van der Waals surface area (Å²) in [5, 5.41) is 10.6. The molecule has 5 nitrogen and oxygen atoms in total. The fraction of sp³-hybridized carbons (Fsp3) is 0.200. The number of benzene rings is 2. The molecule has 0 spiro atoms. The third-order valence-electron chi connectivity index (χ3n) is 4.13. The van der Waals surface area contributed by atoms with Crippen molar-refractivity contribution in [2.24, 2.45) is 5.14 Å². The molecule has 0 aliphatic carbocycles. The van der Waals surface area contributed by atoms with Gasteiger partial charge in [-0.05, 0) is 60.3 Å². The number of nitrogens with one attached hydrogen (secondary N) is 1. The first-order valence-corrected chi connectivity index (χ1v) is 11.9. The molecule has 2 aromatic carbocycles. The Hall–Kier alpha value is -1.71. The quantitative estimate of drug-likeness (QED) is 0.452. The van der Waals surface area contributed by atoms with E-state index in [2.05, 4.69) is 33.4 Å². The van der Waals surface area contributed by atoms with Crippen LogP contribution in [0.25, 0.3) is 0 Å². The molecule has 0 bridgehead atoms. The number of hydrogen-bond acceptors (Lipinski definition) is 5. The van der Waals surface area contributed by atoms with Crippen molar-refractivity contribution in [3.63, 3.8) is 0 Å². The summed E-state index contributed by atoms with van der Waals surface area (Å²) in [6, 6.07) is 16.7. The predicted octanol–water partition coefficient (Wildman–Crippen LogP) is 4.07. The first kappa shape index (κ1) is 21.0. The maximum Gasteiger partial charge on any atom is 0.238 e. The molecule has 0 aliphatic rings. The highest BCUT2D eigenvalue weighted by Gasteiger charge is 2.08. The lowest BCUT2D eigenvalue weighted by atomic mass is 10.1. The number of sulfonamides is 1. The summed E-state index contributed by atoms with van der Waals surface area (Å²) in [4.78, 5) is 1.32. The van der Waals surface area contributed by atoms with Crippen molar-refractivity contribution in [1.29, 1.82) is 0 Å². The van der Waals surface area contributed by atoms with Gasteiger partial charge in [0.1, 0.15) is 12.4 Å². The maximum atomic E-state index is 11.3. The molecule has 0 fully saturated rings. The lowest BCUT2D eigenvalue weighted by Gasteiger charge is -2.12. The monoisotopic (exact) mass is 480 g/mol. The van der Waals surface area contributed by atoms with E-state index < -0.39 is 10.0 Å². The summed E-state index contributed by atoms with van der Waals surface area (Å²) in [6.07, 6.45) is 0.782. The second kappa shape index (κ2) is 9.67. The van der Waals surface area contributed by atoms with Gasteiger partial charge in [-0.25, -0.2) is 13.6 Å². The van der Waals surface area contributed by atoms with E-state index >= 15 is 0 Å². The lowest BCUT2D eigenvalue weighted by Crippen LogP contribution is -2.17. The highest BCUT2D eigenvalue weighted by atomic mass is 79.9. The Bertz CT molecular complexity index is 1000. The molecule has 1 heterocycles. The molecule has 148 valence electrons. The zero-order valence-corrected chi connectivity index (χ0v) is 18.3. The molecule has 3 rings (SSSR count). The van der Waals surface area contributed by atoms with Gasteiger partial charge in [0.2, 0.25) is 10.0 Å². The van der Waals surface area contributed by atoms with Gasteiger partial charge in [-0.1, -0.05) is 34.1 Å². The molecule has 0 unspecified atom stereocenters. The van der Waals surface area contributed by atoms with Crippen LogP contribution in [0.2, 0.25) is 0 Å². The normalized spacial score (nSPS) is 11.5. The van der Waals surface area contributed by atoms with Crippen LogP contribution in [0, 0.1) is 0 Å². The molecular formula is C20H21BrN2O3S2. The fourth-order valence-electron chi connectivity index (χ4n) is 2.67. The Morgan fingerprint density at radius 2 is 1.89 bits per heavy atom. The molecule has 1 aromatic heterocycles. The van der Waals surface area contributed by atoms with Crippen molar-refractivity contribution >= 4 is 37.3 Å². The smallest absolute Gasteiger partial charge is 0.238 e. The number of rotatable bonds is 9. The summed E-state index contributed by atoms with van der Waals surface area (Å²) in [5.41, 5.74) is 2.12. The van der Waals surface area contributed by atoms with Gasteiger partial charge < -0.3 is 10.1 Å². The summed E-state index contributed by atoms with van der Waals surface area (Å²) in [7, 11) is -3.64. The standard InChI is InChI=1S/C20H21BrN2O3S2/c21-17-5-8-20(26-14-18-2-1-11-27-18)16(12-17)13-23-10-9-15-3-6-19(7-4-15)28(22,24)25/h1-8,11-12,23H,9-10,13-14H2,(H2,22,24,25). The van der Waals surface area contributed by atoms with E-state index in [0.29, 0.717) is 13.2 Å². The Morgan fingerprint density at radius 1 is 1.11 bits per heavy atom. The van der Waals surface area contributed by atoms with Crippen molar-refractivity contribution in [1.82, 2.24) is 5.32 Å². The molecule has 0 radical (unpaired) electrons. The summed E-state index contributed by atoms with van der Waals surface area (Å²) >= 11 is 5.19. The minimum Gasteiger partial charge on any atom is -0.488 e. The number of primary sulfonamides is 1. The molecular weight excluding hydrogens is 460 g/mol. The van der Waals surface area contributed by atoms with Gasteiger partial charge in [0, 0.05) is 21.5 Å². The molecule has 3 N–H and O–H groups in total. The third-order valence-corrected chi connectivity index (χ3v) is 6.40. The van der Waals surface area contributed by atoms with Crippen LogP contribution in [0.15, 0.2) is 69.3 Å². The van der Waals surface area contributed by atoms with E-state index in [1.54, 1.807) is 23.5 Å². The predicted molar refractivity (Wildman–Crippen MR) is 116 cm³/mol. The van der Waals surface area contributed by atoms with E-state index in [9.17, 15) is 8.42 Å². The molecule has 0 saturated carbocycles. The van der Waals surface area contributed by atoms with Crippen molar-refractivity contribution < 1.29 is 13.2 Å². The zero-order valence-electron chi connectivity index (χ0n) is 15.1. The largest absolute Gasteiger partial charge is 0.488 e. The van der Waals surface area contributed by atoms with Gasteiger partial charge in [0.15, 0.2) is 0 Å². The van der Waals surface area contributed by atoms with Crippen LogP contribution in [0.3, 0.4) is 0 Å². The van der Waals surface area contributed by atoms with Gasteiger partial charge >= 0.3 is 0 Å². The molecule has 0 aliphatic heterocycles. The van der Waals surface area contributed by atoms with Gasteiger partial charge in [0.25, 0.3) is 0 Å². The maximum absolute atomic E-state index is 11.3. The second-order valence-corrected chi connectivity index (χ2v) is 9.75. The summed E-state index contributed by atoms with van der Waals surface area (Å²) in [6.45, 7) is 1.99. The minimum absolute atomic E-state index is 0.130.